The predicted molar refractivity (Wildman–Crippen MR) is 63.1 cm³/mol. The molecule has 0 unspecified atom stereocenters. The number of rotatable bonds is 1. The number of amides is 2. The van der Waals surface area contributed by atoms with Crippen LogP contribution in [0.4, 0.5) is 10.5 Å². The van der Waals surface area contributed by atoms with Gasteiger partial charge in [0.25, 0.3) is 0 Å². The van der Waals surface area contributed by atoms with Crippen molar-refractivity contribution in [1.82, 2.24) is 5.32 Å². The molecule has 1 aromatic rings. The molecule has 0 fully saturated rings. The summed E-state index contributed by atoms with van der Waals surface area (Å²) in [5.74, 6) is 0. The van der Waals surface area contributed by atoms with Gasteiger partial charge in [0.2, 0.25) is 0 Å². The number of nitrogens with zero attached hydrogens (tertiary/aromatic N) is 1. The molecule has 0 aromatic heterocycles. The Balaban J connectivity index is 2.70. The monoisotopic (exact) mass is 206 g/mol. The van der Waals surface area contributed by atoms with E-state index in [4.69, 9.17) is 0 Å². The second kappa shape index (κ2) is 4.34. The summed E-state index contributed by atoms with van der Waals surface area (Å²) in [5, 5.41) is 2.90. The molecule has 1 rings (SSSR count). The Kier molecular flexibility index (Phi) is 3.35. The van der Waals surface area contributed by atoms with Gasteiger partial charge in [-0.2, -0.15) is 0 Å². The Morgan fingerprint density at radius 2 is 1.73 bits per heavy atom. The minimum absolute atomic E-state index is 0.0892. The largest absolute Gasteiger partial charge is 0.333 e. The minimum Gasteiger partial charge on any atom is -0.333 e. The normalized spacial score (nSPS) is 10.9. The van der Waals surface area contributed by atoms with E-state index in [1.165, 1.54) is 0 Å². The van der Waals surface area contributed by atoms with Gasteiger partial charge in [0, 0.05) is 18.3 Å². The Hall–Kier alpha value is -1.51. The van der Waals surface area contributed by atoms with Crippen molar-refractivity contribution in [2.45, 2.75) is 26.3 Å². The first-order valence-electron chi connectivity index (χ1n) is 5.01. The lowest BCUT2D eigenvalue weighted by molar-refractivity contribution is 0.239. The second-order valence-corrected chi connectivity index (χ2v) is 4.57. The van der Waals surface area contributed by atoms with Gasteiger partial charge in [0.15, 0.2) is 0 Å². The molecule has 2 amide bonds. The highest BCUT2D eigenvalue weighted by atomic mass is 16.2. The summed E-state index contributed by atoms with van der Waals surface area (Å²) in [4.78, 5) is 13.4. The van der Waals surface area contributed by atoms with Crippen LogP contribution < -0.4 is 10.2 Å². The molecule has 82 valence electrons. The van der Waals surface area contributed by atoms with E-state index in [0.717, 1.165) is 5.69 Å². The molecular formula is C12H18N2O. The molecule has 0 spiro atoms. The first-order chi connectivity index (χ1) is 6.90. The lowest BCUT2D eigenvalue weighted by Gasteiger charge is -2.25. The van der Waals surface area contributed by atoms with Crippen LogP contribution in [-0.2, 0) is 0 Å². The molecule has 0 aliphatic carbocycles. The van der Waals surface area contributed by atoms with Crippen molar-refractivity contribution >= 4 is 11.7 Å². The van der Waals surface area contributed by atoms with Crippen LogP contribution >= 0.6 is 0 Å². The molecule has 0 aliphatic heterocycles. The Morgan fingerprint density at radius 3 is 2.20 bits per heavy atom. The predicted octanol–water partition coefficient (Wildman–Crippen LogP) is 2.63. The summed E-state index contributed by atoms with van der Waals surface area (Å²) >= 11 is 0. The van der Waals surface area contributed by atoms with E-state index in [1.807, 2.05) is 51.1 Å². The van der Waals surface area contributed by atoms with E-state index < -0.39 is 0 Å². The highest BCUT2D eigenvalue weighted by molar-refractivity contribution is 5.91. The number of hydrogen-bond donors (Lipinski definition) is 1. The summed E-state index contributed by atoms with van der Waals surface area (Å²) in [7, 11) is 1.76. The molecule has 0 bridgehead atoms. The smallest absolute Gasteiger partial charge is 0.322 e. The van der Waals surface area contributed by atoms with E-state index in [2.05, 4.69) is 5.32 Å². The Labute approximate surface area is 91.1 Å². The number of hydrogen-bond acceptors (Lipinski definition) is 1. The van der Waals surface area contributed by atoms with Crippen molar-refractivity contribution in [3.05, 3.63) is 30.3 Å². The van der Waals surface area contributed by atoms with Gasteiger partial charge in [-0.3, -0.25) is 4.90 Å². The first kappa shape index (κ1) is 11.6. The lowest BCUT2D eigenvalue weighted by Crippen LogP contribution is -2.47. The number of urea groups is 1. The van der Waals surface area contributed by atoms with Gasteiger partial charge in [0.05, 0.1) is 0 Å². The van der Waals surface area contributed by atoms with E-state index in [0.29, 0.717) is 0 Å². The Bertz CT molecular complexity index is 327. The number of anilines is 1. The Morgan fingerprint density at radius 1 is 1.20 bits per heavy atom. The fourth-order valence-corrected chi connectivity index (χ4v) is 1.17. The number of para-hydroxylation sites is 1. The summed E-state index contributed by atoms with van der Waals surface area (Å²) in [6.45, 7) is 5.89. The molecule has 0 atom stereocenters. The third-order valence-corrected chi connectivity index (χ3v) is 1.93. The van der Waals surface area contributed by atoms with Gasteiger partial charge < -0.3 is 5.32 Å². The van der Waals surface area contributed by atoms with Crippen molar-refractivity contribution in [1.29, 1.82) is 0 Å². The maximum absolute atomic E-state index is 11.8. The summed E-state index contributed by atoms with van der Waals surface area (Å²) in [5.41, 5.74) is 0.680. The van der Waals surface area contributed by atoms with Crippen LogP contribution in [0.2, 0.25) is 0 Å². The maximum Gasteiger partial charge on any atom is 0.322 e. The van der Waals surface area contributed by atoms with Crippen molar-refractivity contribution in [2.24, 2.45) is 0 Å². The summed E-state index contributed by atoms with van der Waals surface area (Å²) < 4.78 is 0. The van der Waals surface area contributed by atoms with Crippen molar-refractivity contribution in [2.75, 3.05) is 11.9 Å². The average Bonchev–Trinajstić information content (AvgIpc) is 2.15. The average molecular weight is 206 g/mol. The van der Waals surface area contributed by atoms with Crippen LogP contribution in [-0.4, -0.2) is 18.6 Å². The molecule has 1 aromatic carbocycles. The fraction of sp³-hybridized carbons (Fsp3) is 0.417. The molecule has 3 nitrogen and oxygen atoms in total. The van der Waals surface area contributed by atoms with Gasteiger partial charge in [0.1, 0.15) is 0 Å². The van der Waals surface area contributed by atoms with Gasteiger partial charge in [-0.15, -0.1) is 0 Å². The van der Waals surface area contributed by atoms with Gasteiger partial charge in [-0.05, 0) is 32.9 Å². The molecule has 0 aliphatic rings. The fourth-order valence-electron chi connectivity index (χ4n) is 1.17. The zero-order valence-electron chi connectivity index (χ0n) is 9.74. The quantitative estimate of drug-likeness (QED) is 0.752. The maximum atomic E-state index is 11.8. The highest BCUT2D eigenvalue weighted by Crippen LogP contribution is 2.11. The van der Waals surface area contributed by atoms with Crippen LogP contribution in [0.15, 0.2) is 30.3 Å². The highest BCUT2D eigenvalue weighted by Gasteiger charge is 2.17. The first-order valence-corrected chi connectivity index (χ1v) is 5.01. The molecule has 1 N–H and O–H groups in total. The second-order valence-electron chi connectivity index (χ2n) is 4.57. The molecule has 0 saturated carbocycles. The zero-order chi connectivity index (χ0) is 11.5. The van der Waals surface area contributed by atoms with Crippen LogP contribution in [0.5, 0.6) is 0 Å². The van der Waals surface area contributed by atoms with Crippen molar-refractivity contribution in [3.63, 3.8) is 0 Å². The van der Waals surface area contributed by atoms with Crippen molar-refractivity contribution < 1.29 is 4.79 Å². The standard InChI is InChI=1S/C12H18N2O/c1-12(2,3)13-11(15)14(4)10-8-6-5-7-9-10/h5-9H,1-4H3,(H,13,15). The van der Waals surface area contributed by atoms with E-state index >= 15 is 0 Å². The zero-order valence-corrected chi connectivity index (χ0v) is 9.74. The molecule has 0 heterocycles. The number of benzene rings is 1. The molecule has 0 saturated heterocycles. The molecular weight excluding hydrogens is 188 g/mol. The van der Waals surface area contributed by atoms with E-state index in [1.54, 1.807) is 11.9 Å². The van der Waals surface area contributed by atoms with E-state index in [-0.39, 0.29) is 11.6 Å². The van der Waals surface area contributed by atoms with Crippen LogP contribution in [0.1, 0.15) is 20.8 Å². The summed E-state index contributed by atoms with van der Waals surface area (Å²) in [6.07, 6.45) is 0. The van der Waals surface area contributed by atoms with Gasteiger partial charge >= 0.3 is 6.03 Å². The molecule has 15 heavy (non-hydrogen) atoms. The molecule has 0 radical (unpaired) electrons. The topological polar surface area (TPSA) is 32.3 Å². The van der Waals surface area contributed by atoms with Gasteiger partial charge in [-0.1, -0.05) is 18.2 Å². The van der Waals surface area contributed by atoms with Crippen LogP contribution in [0.25, 0.3) is 0 Å². The minimum atomic E-state index is -0.208. The van der Waals surface area contributed by atoms with Gasteiger partial charge in [-0.25, -0.2) is 4.79 Å². The number of nitrogens with one attached hydrogen (secondary N) is 1. The summed E-state index contributed by atoms with van der Waals surface area (Å²) in [6, 6.07) is 9.48. The van der Waals surface area contributed by atoms with Crippen molar-refractivity contribution in [3.8, 4) is 0 Å². The molecule has 3 heteroatoms. The lowest BCUT2D eigenvalue weighted by atomic mass is 10.1. The van der Waals surface area contributed by atoms with E-state index in [9.17, 15) is 4.79 Å². The third-order valence-electron chi connectivity index (χ3n) is 1.93. The number of carbonyl (C=O) groups is 1. The van der Waals surface area contributed by atoms with Crippen LogP contribution in [0.3, 0.4) is 0 Å². The third kappa shape index (κ3) is 3.62. The SMILES string of the molecule is CN(C(=O)NC(C)(C)C)c1ccccc1. The number of carbonyl (C=O) groups excluding carboxylic acids is 1. The van der Waals surface area contributed by atoms with Crippen LogP contribution in [0, 0.1) is 0 Å².